The number of para-hydroxylation sites is 2. The number of hydrogen-bond donors (Lipinski definition) is 0. The molecule has 38 heavy (non-hydrogen) atoms. The highest BCUT2D eigenvalue weighted by Crippen LogP contribution is 2.32. The van der Waals surface area contributed by atoms with Crippen molar-refractivity contribution in [3.8, 4) is 17.1 Å². The van der Waals surface area contributed by atoms with Gasteiger partial charge in [-0.3, -0.25) is 4.79 Å². The first-order valence-corrected chi connectivity index (χ1v) is 12.1. The molecule has 3 aromatic carbocycles. The van der Waals surface area contributed by atoms with Gasteiger partial charge in [-0.15, -0.1) is 0 Å². The lowest BCUT2D eigenvalue weighted by Crippen LogP contribution is -2.30. The summed E-state index contributed by atoms with van der Waals surface area (Å²) in [5.41, 5.74) is 4.32. The fourth-order valence-electron chi connectivity index (χ4n) is 4.40. The molecule has 1 aliphatic heterocycles. The molecule has 0 bridgehead atoms. The molecule has 0 spiro atoms. The van der Waals surface area contributed by atoms with Crippen LogP contribution < -0.4 is 5.11 Å². The first kappa shape index (κ1) is 23.2. The predicted octanol–water partition coefficient (Wildman–Crippen LogP) is 4.06. The summed E-state index contributed by atoms with van der Waals surface area (Å²) in [6.45, 7) is -0.0887. The van der Waals surface area contributed by atoms with Crippen molar-refractivity contribution < 1.29 is 19.1 Å². The molecule has 0 radical (unpaired) electrons. The van der Waals surface area contributed by atoms with Crippen molar-refractivity contribution in [3.63, 3.8) is 0 Å². The number of hydrazone groups is 1. The number of carbonyl (C=O) groups is 2. The first-order chi connectivity index (χ1) is 18.6. The number of aliphatic carboxylic acids is 1. The third kappa shape index (κ3) is 4.39. The number of carbonyl (C=O) groups excluding carboxylic acids is 2. The van der Waals surface area contributed by atoms with Crippen molar-refractivity contribution in [2.45, 2.75) is 6.42 Å². The van der Waals surface area contributed by atoms with Crippen LogP contribution in [0.2, 0.25) is 0 Å². The SMILES string of the molecule is O=C([O-])CCN1N=C(c2ccccc2)/C(=C\c2cn(-c3ccccc3)nc2-c2cc3ccccc3o2)C1=O. The number of furan rings is 1. The lowest BCUT2D eigenvalue weighted by atomic mass is 10.00. The zero-order valence-electron chi connectivity index (χ0n) is 20.2. The number of rotatable bonds is 7. The molecule has 0 N–H and O–H groups in total. The zero-order chi connectivity index (χ0) is 26.1. The Morgan fingerprint density at radius 1 is 0.947 bits per heavy atom. The Bertz CT molecular complexity index is 1680. The van der Waals surface area contributed by atoms with E-state index in [1.165, 1.54) is 5.01 Å². The van der Waals surface area contributed by atoms with Gasteiger partial charge in [0.25, 0.3) is 5.91 Å². The van der Waals surface area contributed by atoms with Gasteiger partial charge < -0.3 is 14.3 Å². The van der Waals surface area contributed by atoms with E-state index in [4.69, 9.17) is 9.52 Å². The second kappa shape index (κ2) is 9.67. The molecular formula is C30H21N4O4-. The Labute approximate surface area is 217 Å². The smallest absolute Gasteiger partial charge is 0.276 e. The molecular weight excluding hydrogens is 480 g/mol. The number of hydrogen-bond acceptors (Lipinski definition) is 6. The molecule has 0 unspecified atom stereocenters. The molecule has 3 heterocycles. The number of fused-ring (bicyclic) bond motifs is 1. The summed E-state index contributed by atoms with van der Waals surface area (Å²) in [6.07, 6.45) is 3.26. The highest BCUT2D eigenvalue weighted by atomic mass is 16.4. The molecule has 1 aliphatic rings. The normalized spacial score (nSPS) is 14.4. The van der Waals surface area contributed by atoms with E-state index in [0.29, 0.717) is 28.3 Å². The minimum Gasteiger partial charge on any atom is -0.550 e. The molecule has 0 fully saturated rings. The van der Waals surface area contributed by atoms with Gasteiger partial charge >= 0.3 is 0 Å². The van der Waals surface area contributed by atoms with E-state index in [1.807, 2.05) is 97.2 Å². The molecule has 2 aromatic heterocycles. The fourth-order valence-corrected chi connectivity index (χ4v) is 4.40. The van der Waals surface area contributed by atoms with E-state index in [0.717, 1.165) is 22.2 Å². The lowest BCUT2D eigenvalue weighted by Gasteiger charge is -2.11. The number of benzene rings is 3. The summed E-state index contributed by atoms with van der Waals surface area (Å²) in [5, 5.41) is 22.5. The van der Waals surface area contributed by atoms with Crippen LogP contribution in [0.1, 0.15) is 17.5 Å². The van der Waals surface area contributed by atoms with Gasteiger partial charge in [-0.25, -0.2) is 9.69 Å². The van der Waals surface area contributed by atoms with Gasteiger partial charge in [-0.1, -0.05) is 66.7 Å². The van der Waals surface area contributed by atoms with E-state index in [2.05, 4.69) is 5.10 Å². The second-order valence-electron chi connectivity index (χ2n) is 8.78. The van der Waals surface area contributed by atoms with E-state index < -0.39 is 11.9 Å². The average molecular weight is 502 g/mol. The van der Waals surface area contributed by atoms with Crippen molar-refractivity contribution in [3.05, 3.63) is 114 Å². The molecule has 1 amide bonds. The van der Waals surface area contributed by atoms with E-state index in [9.17, 15) is 14.7 Å². The summed E-state index contributed by atoms with van der Waals surface area (Å²) in [6, 6.07) is 28.6. The van der Waals surface area contributed by atoms with Crippen LogP contribution in [0, 0.1) is 0 Å². The maximum atomic E-state index is 13.5. The molecule has 0 saturated heterocycles. The molecule has 0 aliphatic carbocycles. The zero-order valence-corrected chi connectivity index (χ0v) is 20.2. The minimum atomic E-state index is -1.25. The topological polar surface area (TPSA) is 104 Å². The Balaban J connectivity index is 1.50. The monoisotopic (exact) mass is 501 g/mol. The van der Waals surface area contributed by atoms with Crippen molar-refractivity contribution in [2.75, 3.05) is 6.54 Å². The van der Waals surface area contributed by atoms with Gasteiger partial charge in [-0.05, 0) is 30.3 Å². The van der Waals surface area contributed by atoms with E-state index in [-0.39, 0.29) is 13.0 Å². The Hall–Kier alpha value is -5.24. The lowest BCUT2D eigenvalue weighted by molar-refractivity contribution is -0.305. The Kier molecular flexibility index (Phi) is 5.89. The van der Waals surface area contributed by atoms with Gasteiger partial charge in [-0.2, -0.15) is 10.2 Å². The summed E-state index contributed by atoms with van der Waals surface area (Å²) < 4.78 is 7.87. The largest absolute Gasteiger partial charge is 0.550 e. The molecule has 8 heteroatoms. The highest BCUT2D eigenvalue weighted by Gasteiger charge is 2.31. The van der Waals surface area contributed by atoms with Crippen LogP contribution in [-0.4, -0.2) is 38.9 Å². The van der Waals surface area contributed by atoms with Crippen LogP contribution in [0.15, 0.2) is 112 Å². The summed E-state index contributed by atoms with van der Waals surface area (Å²) in [7, 11) is 0. The van der Waals surface area contributed by atoms with Crippen LogP contribution in [0.25, 0.3) is 34.2 Å². The third-order valence-electron chi connectivity index (χ3n) is 6.24. The Morgan fingerprint density at radius 2 is 1.66 bits per heavy atom. The second-order valence-corrected chi connectivity index (χ2v) is 8.78. The minimum absolute atomic E-state index is 0.0887. The van der Waals surface area contributed by atoms with Crippen molar-refractivity contribution in [1.82, 2.24) is 14.8 Å². The first-order valence-electron chi connectivity index (χ1n) is 12.1. The van der Waals surface area contributed by atoms with E-state index in [1.54, 1.807) is 10.8 Å². The number of nitrogens with zero attached hydrogens (tertiary/aromatic N) is 4. The maximum absolute atomic E-state index is 13.5. The number of carboxylic acid groups (broad SMARTS) is 1. The highest BCUT2D eigenvalue weighted by molar-refractivity contribution is 6.33. The summed E-state index contributed by atoms with van der Waals surface area (Å²) in [4.78, 5) is 24.5. The molecule has 186 valence electrons. The quantitative estimate of drug-likeness (QED) is 0.313. The van der Waals surface area contributed by atoms with Crippen molar-refractivity contribution in [2.24, 2.45) is 5.10 Å². The van der Waals surface area contributed by atoms with Crippen LogP contribution in [0.5, 0.6) is 0 Å². The van der Waals surface area contributed by atoms with Gasteiger partial charge in [0, 0.05) is 35.1 Å². The van der Waals surface area contributed by atoms with E-state index >= 15 is 0 Å². The molecule has 5 aromatic rings. The number of amides is 1. The summed E-state index contributed by atoms with van der Waals surface area (Å²) in [5.74, 6) is -1.08. The number of carboxylic acids is 1. The van der Waals surface area contributed by atoms with Crippen LogP contribution in [-0.2, 0) is 9.59 Å². The third-order valence-corrected chi connectivity index (χ3v) is 6.24. The van der Waals surface area contributed by atoms with Gasteiger partial charge in [0.15, 0.2) is 5.76 Å². The standard InChI is InChI=1S/C30H22N4O4/c35-27(36)15-16-33-30(37)24(28(31-33)20-9-3-1-4-10-20)17-22-19-34(23-12-5-2-6-13-23)32-29(22)26-18-21-11-7-8-14-25(21)38-26/h1-14,17-19H,15-16H2,(H,35,36)/p-1/b24-17+. The number of aromatic nitrogens is 2. The Morgan fingerprint density at radius 3 is 2.39 bits per heavy atom. The summed E-state index contributed by atoms with van der Waals surface area (Å²) >= 11 is 0. The van der Waals surface area contributed by atoms with Crippen molar-refractivity contribution >= 4 is 34.6 Å². The molecule has 6 rings (SSSR count). The predicted molar refractivity (Wildman–Crippen MR) is 141 cm³/mol. The average Bonchev–Trinajstić information content (AvgIpc) is 3.64. The molecule has 0 saturated carbocycles. The van der Waals surface area contributed by atoms with Gasteiger partial charge in [0.2, 0.25) is 0 Å². The van der Waals surface area contributed by atoms with Crippen LogP contribution >= 0.6 is 0 Å². The van der Waals surface area contributed by atoms with Crippen molar-refractivity contribution in [1.29, 1.82) is 0 Å². The van der Waals surface area contributed by atoms with Crippen LogP contribution in [0.4, 0.5) is 0 Å². The fraction of sp³-hybridized carbons (Fsp3) is 0.0667. The maximum Gasteiger partial charge on any atom is 0.276 e. The molecule has 8 nitrogen and oxygen atoms in total. The van der Waals surface area contributed by atoms with Gasteiger partial charge in [0.05, 0.1) is 17.8 Å². The van der Waals surface area contributed by atoms with Gasteiger partial charge in [0.1, 0.15) is 17.0 Å². The molecule has 0 atom stereocenters. The van der Waals surface area contributed by atoms with Crippen LogP contribution in [0.3, 0.4) is 0 Å².